The van der Waals surface area contributed by atoms with Crippen LogP contribution in [0, 0.1) is 0 Å². The zero-order valence-electron chi connectivity index (χ0n) is 12.6. The number of fused-ring (bicyclic) bond motifs is 1. The molecule has 1 amide bonds. The maximum Gasteiger partial charge on any atom is 0.251 e. The Bertz CT molecular complexity index is 672. The van der Waals surface area contributed by atoms with Crippen molar-refractivity contribution >= 4 is 5.91 Å². The molecular weight excluding hydrogens is 278 g/mol. The quantitative estimate of drug-likeness (QED) is 0.942. The summed E-state index contributed by atoms with van der Waals surface area (Å²) in [7, 11) is 0. The second-order valence-electron chi connectivity index (χ2n) is 5.30. The molecule has 1 aromatic carbocycles. The van der Waals surface area contributed by atoms with Crippen molar-refractivity contribution in [3.8, 4) is 5.75 Å². The maximum absolute atomic E-state index is 12.5. The van der Waals surface area contributed by atoms with Crippen LogP contribution in [-0.2, 0) is 6.42 Å². The molecule has 0 fully saturated rings. The topological polar surface area (TPSA) is 64.1 Å². The van der Waals surface area contributed by atoms with Gasteiger partial charge < -0.3 is 10.1 Å². The number of nitrogens with zero attached hydrogens (tertiary/aromatic N) is 2. The van der Waals surface area contributed by atoms with E-state index in [1.807, 2.05) is 25.3 Å². The Morgan fingerprint density at radius 3 is 3.23 bits per heavy atom. The molecule has 5 heteroatoms. The van der Waals surface area contributed by atoms with E-state index >= 15 is 0 Å². The fraction of sp³-hybridized carbons (Fsp3) is 0.353. The second kappa shape index (κ2) is 6.56. The minimum Gasteiger partial charge on any atom is -0.494 e. The number of hydrogen-bond acceptors (Lipinski definition) is 4. The lowest BCUT2D eigenvalue weighted by Crippen LogP contribution is -2.31. The van der Waals surface area contributed by atoms with E-state index in [-0.39, 0.29) is 11.9 Å². The zero-order valence-corrected chi connectivity index (χ0v) is 12.6. The van der Waals surface area contributed by atoms with Gasteiger partial charge >= 0.3 is 0 Å². The van der Waals surface area contributed by atoms with E-state index in [0.29, 0.717) is 17.9 Å². The molecule has 0 radical (unpaired) electrons. The third-order valence-electron chi connectivity index (χ3n) is 3.82. The van der Waals surface area contributed by atoms with Gasteiger partial charge in [0.1, 0.15) is 12.1 Å². The first-order valence-corrected chi connectivity index (χ1v) is 7.60. The largest absolute Gasteiger partial charge is 0.494 e. The van der Waals surface area contributed by atoms with Crippen LogP contribution in [0.4, 0.5) is 0 Å². The van der Waals surface area contributed by atoms with E-state index in [9.17, 15) is 4.79 Å². The molecule has 22 heavy (non-hydrogen) atoms. The van der Waals surface area contributed by atoms with Gasteiger partial charge in [-0.15, -0.1) is 0 Å². The average Bonchev–Trinajstić information content (AvgIpc) is 2.56. The predicted molar refractivity (Wildman–Crippen MR) is 82.8 cm³/mol. The molecule has 2 aromatic rings. The van der Waals surface area contributed by atoms with Crippen LogP contribution in [0.1, 0.15) is 47.4 Å². The van der Waals surface area contributed by atoms with Gasteiger partial charge in [0.25, 0.3) is 5.91 Å². The standard InChI is InChI=1S/C17H19N3O2/c1-2-22-13-6-3-5-12(9-13)17(21)20-16-8-4-7-15-14(16)10-18-11-19-15/h3,5-6,9-11,16H,2,4,7-8H2,1H3,(H,20,21)/t16-/m1/s1. The summed E-state index contributed by atoms with van der Waals surface area (Å²) in [5.74, 6) is 0.616. The molecule has 0 bridgehead atoms. The van der Waals surface area contributed by atoms with E-state index in [0.717, 1.165) is 30.5 Å². The van der Waals surface area contributed by atoms with Gasteiger partial charge in [-0.05, 0) is 44.4 Å². The van der Waals surface area contributed by atoms with Crippen molar-refractivity contribution < 1.29 is 9.53 Å². The molecule has 0 saturated carbocycles. The Balaban J connectivity index is 1.76. The van der Waals surface area contributed by atoms with Gasteiger partial charge in [-0.2, -0.15) is 0 Å². The number of hydrogen-bond donors (Lipinski definition) is 1. The second-order valence-corrected chi connectivity index (χ2v) is 5.30. The molecule has 1 heterocycles. The molecule has 0 unspecified atom stereocenters. The van der Waals surface area contributed by atoms with Crippen molar-refractivity contribution in [1.82, 2.24) is 15.3 Å². The number of ether oxygens (including phenoxy) is 1. The third-order valence-corrected chi connectivity index (χ3v) is 3.82. The maximum atomic E-state index is 12.5. The average molecular weight is 297 g/mol. The normalized spacial score (nSPS) is 16.7. The lowest BCUT2D eigenvalue weighted by atomic mass is 9.92. The monoisotopic (exact) mass is 297 g/mol. The van der Waals surface area contributed by atoms with Crippen LogP contribution in [0.2, 0.25) is 0 Å². The third kappa shape index (κ3) is 3.08. The highest BCUT2D eigenvalue weighted by atomic mass is 16.5. The molecule has 1 atom stereocenters. The molecule has 0 aliphatic heterocycles. The smallest absolute Gasteiger partial charge is 0.251 e. The molecule has 114 valence electrons. The first-order chi connectivity index (χ1) is 10.8. The molecule has 1 aromatic heterocycles. The minimum absolute atomic E-state index is 0.0202. The summed E-state index contributed by atoms with van der Waals surface area (Å²) in [6.45, 7) is 2.50. The minimum atomic E-state index is -0.0942. The van der Waals surface area contributed by atoms with E-state index in [2.05, 4.69) is 15.3 Å². The zero-order chi connectivity index (χ0) is 15.4. The summed E-state index contributed by atoms with van der Waals surface area (Å²) in [6, 6.07) is 7.22. The number of aryl methyl sites for hydroxylation is 1. The van der Waals surface area contributed by atoms with E-state index < -0.39 is 0 Å². The van der Waals surface area contributed by atoms with Gasteiger partial charge in [0.15, 0.2) is 0 Å². The number of carbonyl (C=O) groups is 1. The summed E-state index contributed by atoms with van der Waals surface area (Å²) in [5.41, 5.74) is 2.67. The molecule has 1 aliphatic carbocycles. The Morgan fingerprint density at radius 2 is 2.36 bits per heavy atom. The van der Waals surface area contributed by atoms with Gasteiger partial charge in [0, 0.05) is 23.0 Å². The number of carbonyl (C=O) groups excluding carboxylic acids is 1. The summed E-state index contributed by atoms with van der Waals surface area (Å²) in [5, 5.41) is 3.09. The van der Waals surface area contributed by atoms with Crippen LogP contribution < -0.4 is 10.1 Å². The summed E-state index contributed by atoms with van der Waals surface area (Å²) < 4.78 is 5.44. The number of benzene rings is 1. The van der Waals surface area contributed by atoms with Crippen molar-refractivity contribution in [2.45, 2.75) is 32.2 Å². The predicted octanol–water partition coefficient (Wildman–Crippen LogP) is 2.68. The van der Waals surface area contributed by atoms with Crippen molar-refractivity contribution in [2.24, 2.45) is 0 Å². The van der Waals surface area contributed by atoms with Gasteiger partial charge in [-0.3, -0.25) is 4.79 Å². The first kappa shape index (κ1) is 14.5. The van der Waals surface area contributed by atoms with Crippen LogP contribution in [-0.4, -0.2) is 22.5 Å². The summed E-state index contributed by atoms with van der Waals surface area (Å²) in [4.78, 5) is 20.9. The number of amides is 1. The molecular formula is C17H19N3O2. The lowest BCUT2D eigenvalue weighted by Gasteiger charge is -2.25. The van der Waals surface area contributed by atoms with Gasteiger partial charge in [0.05, 0.1) is 12.6 Å². The van der Waals surface area contributed by atoms with Gasteiger partial charge in [-0.25, -0.2) is 9.97 Å². The highest BCUT2D eigenvalue weighted by Gasteiger charge is 2.23. The van der Waals surface area contributed by atoms with E-state index in [4.69, 9.17) is 4.74 Å². The number of nitrogens with one attached hydrogen (secondary N) is 1. The summed E-state index contributed by atoms with van der Waals surface area (Å²) in [6.07, 6.45) is 6.26. The van der Waals surface area contributed by atoms with Crippen molar-refractivity contribution in [3.05, 3.63) is 53.6 Å². The fourth-order valence-corrected chi connectivity index (χ4v) is 2.78. The van der Waals surface area contributed by atoms with Crippen molar-refractivity contribution in [3.63, 3.8) is 0 Å². The molecule has 5 nitrogen and oxygen atoms in total. The van der Waals surface area contributed by atoms with E-state index in [1.165, 1.54) is 0 Å². The van der Waals surface area contributed by atoms with Crippen LogP contribution in [0.5, 0.6) is 5.75 Å². The van der Waals surface area contributed by atoms with Crippen molar-refractivity contribution in [1.29, 1.82) is 0 Å². The van der Waals surface area contributed by atoms with Crippen LogP contribution >= 0.6 is 0 Å². The first-order valence-electron chi connectivity index (χ1n) is 7.60. The molecule has 1 N–H and O–H groups in total. The summed E-state index contributed by atoms with van der Waals surface area (Å²) >= 11 is 0. The molecule has 3 rings (SSSR count). The number of rotatable bonds is 4. The van der Waals surface area contributed by atoms with Crippen LogP contribution in [0.15, 0.2) is 36.8 Å². The van der Waals surface area contributed by atoms with Crippen LogP contribution in [0.25, 0.3) is 0 Å². The van der Waals surface area contributed by atoms with Gasteiger partial charge in [-0.1, -0.05) is 6.07 Å². The number of aromatic nitrogens is 2. The molecule has 0 spiro atoms. The Morgan fingerprint density at radius 1 is 1.45 bits per heavy atom. The van der Waals surface area contributed by atoms with Crippen LogP contribution in [0.3, 0.4) is 0 Å². The highest BCUT2D eigenvalue weighted by molar-refractivity contribution is 5.94. The Labute approximate surface area is 129 Å². The van der Waals surface area contributed by atoms with Gasteiger partial charge in [0.2, 0.25) is 0 Å². The van der Waals surface area contributed by atoms with Crippen molar-refractivity contribution in [2.75, 3.05) is 6.61 Å². The highest BCUT2D eigenvalue weighted by Crippen LogP contribution is 2.27. The Kier molecular flexibility index (Phi) is 4.32. The molecule has 1 aliphatic rings. The fourth-order valence-electron chi connectivity index (χ4n) is 2.78. The lowest BCUT2D eigenvalue weighted by molar-refractivity contribution is 0.0932. The van der Waals surface area contributed by atoms with E-state index in [1.54, 1.807) is 18.5 Å². The Hall–Kier alpha value is -2.43. The SMILES string of the molecule is CCOc1cccc(C(=O)N[C@@H]2CCCc3ncncc32)c1. The molecule has 0 saturated heterocycles.